The number of likely N-dealkylation sites (tertiary alicyclic amines) is 1. The molecule has 0 aliphatic carbocycles. The molecule has 0 bridgehead atoms. The van der Waals surface area contributed by atoms with E-state index in [2.05, 4.69) is 23.9 Å². The summed E-state index contributed by atoms with van der Waals surface area (Å²) in [7, 11) is 7.61. The third-order valence-electron chi connectivity index (χ3n) is 3.93. The molecule has 5 heteroatoms. The Morgan fingerprint density at radius 2 is 2.10 bits per heavy atom. The third-order valence-corrected chi connectivity index (χ3v) is 4.15. The van der Waals surface area contributed by atoms with Crippen molar-refractivity contribution in [2.45, 2.75) is 19.0 Å². The van der Waals surface area contributed by atoms with Crippen molar-refractivity contribution in [2.24, 2.45) is 0 Å². The van der Waals surface area contributed by atoms with E-state index in [1.165, 1.54) is 6.42 Å². The number of hydrogen-bond acceptors (Lipinski definition) is 4. The minimum absolute atomic E-state index is 0.578. The van der Waals surface area contributed by atoms with Crippen molar-refractivity contribution in [3.63, 3.8) is 0 Å². The van der Waals surface area contributed by atoms with Gasteiger partial charge in [0.05, 0.1) is 14.2 Å². The molecule has 0 aromatic heterocycles. The first kappa shape index (κ1) is 15.4. The van der Waals surface area contributed by atoms with Gasteiger partial charge in [0, 0.05) is 35.8 Å². The van der Waals surface area contributed by atoms with E-state index in [0.717, 1.165) is 30.9 Å². The molecule has 1 fully saturated rings. The molecule has 1 aliphatic heterocycles. The zero-order valence-corrected chi connectivity index (χ0v) is 13.4. The maximum Gasteiger partial charge on any atom is 0.165 e. The molecule has 2 rings (SSSR count). The van der Waals surface area contributed by atoms with E-state index in [1.807, 2.05) is 6.07 Å². The first-order valence-corrected chi connectivity index (χ1v) is 7.22. The number of likely N-dealkylation sites (N-methyl/N-ethyl adjacent to an activating group) is 2. The number of benzene rings is 1. The number of rotatable bonds is 5. The van der Waals surface area contributed by atoms with Crippen molar-refractivity contribution < 1.29 is 9.47 Å². The smallest absolute Gasteiger partial charge is 0.165 e. The fourth-order valence-electron chi connectivity index (χ4n) is 2.79. The molecular formula is C15H23ClN2O2. The average Bonchev–Trinajstić information content (AvgIpc) is 2.84. The van der Waals surface area contributed by atoms with Gasteiger partial charge in [-0.3, -0.25) is 4.90 Å². The number of methoxy groups -OCH3 is 2. The Morgan fingerprint density at radius 1 is 1.35 bits per heavy atom. The zero-order valence-electron chi connectivity index (χ0n) is 12.6. The third kappa shape index (κ3) is 3.37. The van der Waals surface area contributed by atoms with Crippen LogP contribution in [0.5, 0.6) is 11.5 Å². The summed E-state index contributed by atoms with van der Waals surface area (Å²) >= 11 is 6.16. The second-order valence-corrected chi connectivity index (χ2v) is 5.86. The van der Waals surface area contributed by atoms with Crippen molar-refractivity contribution in [1.29, 1.82) is 0 Å². The maximum atomic E-state index is 6.16. The highest BCUT2D eigenvalue weighted by atomic mass is 35.5. The van der Waals surface area contributed by atoms with Gasteiger partial charge in [0.15, 0.2) is 11.5 Å². The molecule has 4 nitrogen and oxygen atoms in total. The lowest BCUT2D eigenvalue weighted by Crippen LogP contribution is -2.33. The van der Waals surface area contributed by atoms with Gasteiger partial charge in [-0.1, -0.05) is 11.6 Å². The van der Waals surface area contributed by atoms with Gasteiger partial charge >= 0.3 is 0 Å². The van der Waals surface area contributed by atoms with E-state index in [-0.39, 0.29) is 0 Å². The summed E-state index contributed by atoms with van der Waals surface area (Å²) in [6.07, 6.45) is 1.20. The molecule has 1 heterocycles. The molecule has 1 atom stereocenters. The molecule has 1 aliphatic rings. The Kier molecular flexibility index (Phi) is 5.13. The molecule has 20 heavy (non-hydrogen) atoms. The van der Waals surface area contributed by atoms with E-state index < -0.39 is 0 Å². The average molecular weight is 299 g/mol. The van der Waals surface area contributed by atoms with Crippen molar-refractivity contribution in [1.82, 2.24) is 9.80 Å². The number of nitrogens with zero attached hydrogens (tertiary/aromatic N) is 2. The number of ether oxygens (including phenoxy) is 2. The molecule has 0 unspecified atom stereocenters. The van der Waals surface area contributed by atoms with Crippen LogP contribution in [0.2, 0.25) is 5.02 Å². The predicted molar refractivity (Wildman–Crippen MR) is 81.9 cm³/mol. The molecule has 0 amide bonds. The molecule has 1 saturated heterocycles. The van der Waals surface area contributed by atoms with Crippen molar-refractivity contribution >= 4 is 11.6 Å². The van der Waals surface area contributed by atoms with Crippen molar-refractivity contribution in [3.8, 4) is 11.5 Å². The van der Waals surface area contributed by atoms with Gasteiger partial charge in [0.25, 0.3) is 0 Å². The highest BCUT2D eigenvalue weighted by Crippen LogP contribution is 2.35. The van der Waals surface area contributed by atoms with Gasteiger partial charge < -0.3 is 14.4 Å². The van der Waals surface area contributed by atoms with Crippen LogP contribution >= 0.6 is 11.6 Å². The van der Waals surface area contributed by atoms with Crippen LogP contribution in [0.15, 0.2) is 12.1 Å². The fraction of sp³-hybridized carbons (Fsp3) is 0.600. The van der Waals surface area contributed by atoms with Crippen LogP contribution in [0.4, 0.5) is 0 Å². The first-order chi connectivity index (χ1) is 9.55. The van der Waals surface area contributed by atoms with Crippen LogP contribution in [-0.4, -0.2) is 57.2 Å². The topological polar surface area (TPSA) is 24.9 Å². The van der Waals surface area contributed by atoms with E-state index in [0.29, 0.717) is 16.8 Å². The molecule has 1 aromatic rings. The van der Waals surface area contributed by atoms with Gasteiger partial charge in [0.1, 0.15) is 0 Å². The Morgan fingerprint density at radius 3 is 2.65 bits per heavy atom. The second kappa shape index (κ2) is 6.66. The van der Waals surface area contributed by atoms with Gasteiger partial charge in [-0.05, 0) is 33.1 Å². The summed E-state index contributed by atoms with van der Waals surface area (Å²) in [6.45, 7) is 3.07. The molecule has 0 N–H and O–H groups in total. The zero-order chi connectivity index (χ0) is 14.7. The van der Waals surface area contributed by atoms with Crippen LogP contribution in [0.3, 0.4) is 0 Å². The summed E-state index contributed by atoms with van der Waals surface area (Å²) < 4.78 is 10.8. The normalized spacial score (nSPS) is 19.6. The molecule has 0 radical (unpaired) electrons. The predicted octanol–water partition coefficient (Wildman–Crippen LogP) is 2.49. The monoisotopic (exact) mass is 298 g/mol. The van der Waals surface area contributed by atoms with Crippen molar-refractivity contribution in [3.05, 3.63) is 22.7 Å². The lowest BCUT2D eigenvalue weighted by Gasteiger charge is -2.25. The van der Waals surface area contributed by atoms with E-state index >= 15 is 0 Å². The summed E-state index contributed by atoms with van der Waals surface area (Å²) in [4.78, 5) is 4.72. The summed E-state index contributed by atoms with van der Waals surface area (Å²) in [6, 6.07) is 4.32. The second-order valence-electron chi connectivity index (χ2n) is 5.42. The highest BCUT2D eigenvalue weighted by Gasteiger charge is 2.24. The van der Waals surface area contributed by atoms with Gasteiger partial charge in [-0.15, -0.1) is 0 Å². The number of hydrogen-bond donors (Lipinski definition) is 0. The minimum Gasteiger partial charge on any atom is -0.493 e. The van der Waals surface area contributed by atoms with Crippen LogP contribution in [0, 0.1) is 0 Å². The lowest BCUT2D eigenvalue weighted by atomic mass is 10.1. The standard InChI is InChI=1S/C15H23ClN2O2/c1-17-6-5-13(10-17)18(2)9-11-7-12(16)8-14(19-3)15(11)20-4/h7-8,13H,5-6,9-10H2,1-4H3/t13-/m0/s1. The van der Waals surface area contributed by atoms with Crippen LogP contribution in [-0.2, 0) is 6.54 Å². The van der Waals surface area contributed by atoms with Gasteiger partial charge in [0.2, 0.25) is 0 Å². The van der Waals surface area contributed by atoms with E-state index in [1.54, 1.807) is 20.3 Å². The van der Waals surface area contributed by atoms with E-state index in [9.17, 15) is 0 Å². The highest BCUT2D eigenvalue weighted by molar-refractivity contribution is 6.30. The quantitative estimate of drug-likeness (QED) is 0.834. The van der Waals surface area contributed by atoms with E-state index in [4.69, 9.17) is 21.1 Å². The van der Waals surface area contributed by atoms with Crippen LogP contribution in [0.25, 0.3) is 0 Å². The van der Waals surface area contributed by atoms with Crippen LogP contribution in [0.1, 0.15) is 12.0 Å². The first-order valence-electron chi connectivity index (χ1n) is 6.84. The molecule has 0 spiro atoms. The molecule has 112 valence electrons. The molecule has 1 aromatic carbocycles. The molecule has 0 saturated carbocycles. The van der Waals surface area contributed by atoms with Gasteiger partial charge in [-0.2, -0.15) is 0 Å². The summed E-state index contributed by atoms with van der Waals surface area (Å²) in [5.74, 6) is 1.46. The Bertz CT molecular complexity index is 467. The molecular weight excluding hydrogens is 276 g/mol. The lowest BCUT2D eigenvalue weighted by molar-refractivity contribution is 0.230. The fourth-order valence-corrected chi connectivity index (χ4v) is 3.02. The maximum absolute atomic E-state index is 6.16. The number of halogens is 1. The van der Waals surface area contributed by atoms with Crippen molar-refractivity contribution in [2.75, 3.05) is 41.4 Å². The summed E-state index contributed by atoms with van der Waals surface area (Å²) in [5.41, 5.74) is 1.06. The Labute approximate surface area is 126 Å². The van der Waals surface area contributed by atoms with Crippen LogP contribution < -0.4 is 9.47 Å². The Hall–Kier alpha value is -0.970. The largest absolute Gasteiger partial charge is 0.493 e. The minimum atomic E-state index is 0.578. The Balaban J connectivity index is 2.17. The summed E-state index contributed by atoms with van der Waals surface area (Å²) in [5, 5.41) is 0.676. The SMILES string of the molecule is COc1cc(Cl)cc(CN(C)[C@H]2CCN(C)C2)c1OC. The van der Waals surface area contributed by atoms with Gasteiger partial charge in [-0.25, -0.2) is 0 Å².